The predicted octanol–water partition coefficient (Wildman–Crippen LogP) is 5.17. The van der Waals surface area contributed by atoms with Crippen LogP contribution in [0.1, 0.15) is 75.9 Å². The number of hydrazone groups is 1. The van der Waals surface area contributed by atoms with Crippen molar-refractivity contribution in [2.45, 2.75) is 65.2 Å². The van der Waals surface area contributed by atoms with E-state index in [2.05, 4.69) is 16.2 Å². The van der Waals surface area contributed by atoms with E-state index in [-0.39, 0.29) is 12.1 Å². The lowest BCUT2D eigenvalue weighted by atomic mass is 10.0. The van der Waals surface area contributed by atoms with E-state index in [1.54, 1.807) is 27.5 Å². The number of thiocarbonyl (C=S) groups is 1. The molecule has 1 saturated heterocycles. The van der Waals surface area contributed by atoms with E-state index in [4.69, 9.17) is 38.3 Å². The van der Waals surface area contributed by atoms with Gasteiger partial charge in [-0.15, -0.1) is 0 Å². The van der Waals surface area contributed by atoms with Gasteiger partial charge in [0.2, 0.25) is 5.88 Å². The smallest absolute Gasteiger partial charge is 0.410 e. The Hall–Kier alpha value is -4.76. The number of hydrogen-bond donors (Lipinski definition) is 2. The minimum Gasteiger partial charge on any atom is -0.471 e. The van der Waals surface area contributed by atoms with Gasteiger partial charge in [0.25, 0.3) is 0 Å². The molecule has 3 aromatic rings. The largest absolute Gasteiger partial charge is 0.471 e. The fourth-order valence-electron chi connectivity index (χ4n) is 5.12. The summed E-state index contributed by atoms with van der Waals surface area (Å²) in [6.07, 6.45) is 3.75. The normalized spacial score (nSPS) is 16.0. The molecular formula is C32H38N8O3S. The highest BCUT2D eigenvalue weighted by Gasteiger charge is 2.27. The highest BCUT2D eigenvalue weighted by Crippen LogP contribution is 2.29. The predicted molar refractivity (Wildman–Crippen MR) is 176 cm³/mol. The second-order valence-corrected chi connectivity index (χ2v) is 11.8. The topological polar surface area (TPSA) is 157 Å². The van der Waals surface area contributed by atoms with E-state index in [0.717, 1.165) is 11.1 Å². The van der Waals surface area contributed by atoms with Crippen molar-refractivity contribution in [2.75, 3.05) is 13.1 Å². The lowest BCUT2D eigenvalue weighted by molar-refractivity contribution is 0.0207. The number of ether oxygens (including phenoxy) is 2. The summed E-state index contributed by atoms with van der Waals surface area (Å²) in [5.41, 5.74) is 10.4. The Kier molecular flexibility index (Phi) is 10.0. The molecule has 3 heterocycles. The van der Waals surface area contributed by atoms with Crippen molar-refractivity contribution in [2.24, 2.45) is 21.7 Å². The summed E-state index contributed by atoms with van der Waals surface area (Å²) in [5.74, 6) is 6.30. The van der Waals surface area contributed by atoms with Crippen LogP contribution < -0.4 is 16.3 Å². The van der Waals surface area contributed by atoms with Crippen LogP contribution in [0.3, 0.4) is 0 Å². The summed E-state index contributed by atoms with van der Waals surface area (Å²) in [7, 11) is 0. The molecule has 0 saturated carbocycles. The molecule has 1 aromatic carbocycles. The van der Waals surface area contributed by atoms with Crippen molar-refractivity contribution in [3.8, 4) is 11.9 Å². The molecule has 0 radical (unpaired) electrons. The molecule has 1 atom stereocenters. The Morgan fingerprint density at radius 1 is 1.25 bits per heavy atom. The fraction of sp³-hybridized carbons (Fsp3) is 0.375. The monoisotopic (exact) mass is 614 g/mol. The quantitative estimate of drug-likeness (QED) is 0.116. The standard InChI is InChI=1S/C32H38N8O3S/c1-20(37-23-10-13-39(14-11-23)31(41)43-32(3,4)5)30(38-35)22-16-28-36-19-24(18-33)40(28)29(17-22)42-21(2)25-8-6-7-9-26(25)27(34)12-15-44/h6-9,12,15-17,19,21,23H,10-11,13-14,34-35H2,1-5H3/b27-12-,37-20?,38-30+. The van der Waals surface area contributed by atoms with E-state index in [9.17, 15) is 10.1 Å². The lowest BCUT2D eigenvalue weighted by Crippen LogP contribution is -2.42. The van der Waals surface area contributed by atoms with Crippen LogP contribution in [-0.4, -0.2) is 61.9 Å². The van der Waals surface area contributed by atoms with Crippen molar-refractivity contribution in [3.05, 3.63) is 71.1 Å². The first kappa shape index (κ1) is 32.2. The first-order valence-corrected chi connectivity index (χ1v) is 14.8. The molecule has 0 spiro atoms. The van der Waals surface area contributed by atoms with Gasteiger partial charge < -0.3 is 25.9 Å². The Morgan fingerprint density at radius 2 is 1.95 bits per heavy atom. The lowest BCUT2D eigenvalue weighted by Gasteiger charge is -2.32. The van der Waals surface area contributed by atoms with Gasteiger partial charge in [-0.05, 0) is 59.6 Å². The molecule has 4 N–H and O–H groups in total. The molecule has 1 fully saturated rings. The maximum absolute atomic E-state index is 12.5. The number of amides is 1. The van der Waals surface area contributed by atoms with Gasteiger partial charge in [0.1, 0.15) is 34.8 Å². The third-order valence-corrected chi connectivity index (χ3v) is 7.32. The van der Waals surface area contributed by atoms with Gasteiger partial charge in [-0.1, -0.05) is 36.5 Å². The van der Waals surface area contributed by atoms with Crippen LogP contribution in [0.15, 0.2) is 58.8 Å². The summed E-state index contributed by atoms with van der Waals surface area (Å²) >= 11 is 4.96. The molecule has 1 unspecified atom stereocenters. The number of imidazole rings is 1. The van der Waals surface area contributed by atoms with Crippen LogP contribution in [0.5, 0.6) is 5.88 Å². The molecule has 4 rings (SSSR count). The highest BCUT2D eigenvalue weighted by molar-refractivity contribution is 7.79. The number of allylic oxidation sites excluding steroid dienone is 1. The van der Waals surface area contributed by atoms with Crippen LogP contribution in [0.2, 0.25) is 0 Å². The van der Waals surface area contributed by atoms with Crippen LogP contribution >= 0.6 is 12.2 Å². The number of nitrogens with two attached hydrogens (primary N) is 2. The number of piperidine rings is 1. The van der Waals surface area contributed by atoms with Crippen molar-refractivity contribution in [1.29, 1.82) is 5.26 Å². The number of aliphatic imine (C=N–C) groups is 1. The van der Waals surface area contributed by atoms with Crippen LogP contribution in [0.25, 0.3) is 11.3 Å². The van der Waals surface area contributed by atoms with E-state index in [0.29, 0.717) is 65.8 Å². The molecule has 230 valence electrons. The Bertz CT molecular complexity index is 1670. The molecule has 11 nitrogen and oxygen atoms in total. The van der Waals surface area contributed by atoms with E-state index < -0.39 is 11.7 Å². The zero-order valence-corrected chi connectivity index (χ0v) is 26.5. The van der Waals surface area contributed by atoms with Gasteiger partial charge in [0.05, 0.1) is 18.0 Å². The summed E-state index contributed by atoms with van der Waals surface area (Å²) in [6, 6.07) is 13.4. The third kappa shape index (κ3) is 7.41. The number of hydrogen-bond acceptors (Lipinski definition) is 10. The average Bonchev–Trinajstić information content (AvgIpc) is 3.40. The number of benzene rings is 1. The van der Waals surface area contributed by atoms with E-state index in [1.807, 2.05) is 58.9 Å². The van der Waals surface area contributed by atoms with Crippen molar-refractivity contribution >= 4 is 46.4 Å². The number of carbonyl (C=O) groups is 1. The van der Waals surface area contributed by atoms with Gasteiger partial charge in [-0.3, -0.25) is 9.39 Å². The minimum absolute atomic E-state index is 0.0103. The Balaban J connectivity index is 1.62. The van der Waals surface area contributed by atoms with Crippen molar-refractivity contribution < 1.29 is 14.3 Å². The number of likely N-dealkylation sites (tertiary alicyclic amines) is 1. The van der Waals surface area contributed by atoms with Crippen LogP contribution in [0, 0.1) is 11.3 Å². The number of fused-ring (bicyclic) bond motifs is 1. The van der Waals surface area contributed by atoms with Gasteiger partial charge in [0, 0.05) is 46.9 Å². The highest BCUT2D eigenvalue weighted by atomic mass is 32.1. The third-order valence-electron chi connectivity index (χ3n) is 7.18. The summed E-state index contributed by atoms with van der Waals surface area (Å²) in [6.45, 7) is 10.4. The minimum atomic E-state index is -0.544. The molecule has 0 aliphatic carbocycles. The Labute approximate surface area is 262 Å². The zero-order valence-electron chi connectivity index (χ0n) is 25.7. The fourth-order valence-corrected chi connectivity index (χ4v) is 5.26. The molecule has 1 amide bonds. The Morgan fingerprint density at radius 3 is 2.59 bits per heavy atom. The first-order valence-electron chi connectivity index (χ1n) is 14.3. The molecule has 0 bridgehead atoms. The maximum atomic E-state index is 12.5. The van der Waals surface area contributed by atoms with E-state index in [1.165, 1.54) is 11.6 Å². The molecule has 1 aliphatic rings. The number of aromatic nitrogens is 2. The number of nitrogens with zero attached hydrogens (tertiary/aromatic N) is 6. The molecule has 12 heteroatoms. The number of pyridine rings is 1. The summed E-state index contributed by atoms with van der Waals surface area (Å²) in [5, 5.41) is 15.3. The maximum Gasteiger partial charge on any atom is 0.410 e. The van der Waals surface area contributed by atoms with Crippen LogP contribution in [-0.2, 0) is 4.74 Å². The second kappa shape index (κ2) is 13.7. The summed E-state index contributed by atoms with van der Waals surface area (Å²) in [4.78, 5) is 23.5. The van der Waals surface area contributed by atoms with Crippen molar-refractivity contribution in [1.82, 2.24) is 14.3 Å². The molecule has 1 aliphatic heterocycles. The molecular weight excluding hydrogens is 576 g/mol. The van der Waals surface area contributed by atoms with Gasteiger partial charge in [0.15, 0.2) is 0 Å². The summed E-state index contributed by atoms with van der Waals surface area (Å²) < 4.78 is 13.6. The van der Waals surface area contributed by atoms with Crippen LogP contribution in [0.4, 0.5) is 4.79 Å². The second-order valence-electron chi connectivity index (χ2n) is 11.5. The zero-order chi connectivity index (χ0) is 32.0. The van der Waals surface area contributed by atoms with Gasteiger partial charge in [-0.2, -0.15) is 10.4 Å². The molecule has 2 aromatic heterocycles. The van der Waals surface area contributed by atoms with Gasteiger partial charge >= 0.3 is 6.09 Å². The average molecular weight is 615 g/mol. The van der Waals surface area contributed by atoms with Crippen molar-refractivity contribution in [3.63, 3.8) is 0 Å². The first-order chi connectivity index (χ1) is 20.9. The van der Waals surface area contributed by atoms with Gasteiger partial charge in [-0.25, -0.2) is 9.78 Å². The molecule has 44 heavy (non-hydrogen) atoms. The number of rotatable bonds is 8. The van der Waals surface area contributed by atoms with E-state index >= 15 is 0 Å². The number of carbonyl (C=O) groups excluding carboxylic acids is 1. The number of nitriles is 1. The SMILES string of the molecule is CC(=NC1CCN(C(=O)OC(C)(C)C)CC1)/C(=N\N)c1cc(OC(C)c2ccccc2/C(N)=C/C=S)n2c(C#N)cnc2c1.